The number of aromatic amines is 1. The van der Waals surface area contributed by atoms with Crippen LogP contribution in [-0.2, 0) is 34.9 Å². The second-order valence-electron chi connectivity index (χ2n) is 9.43. The summed E-state index contributed by atoms with van der Waals surface area (Å²) in [5.74, 6) is -0.209. The molecule has 6 rings (SSSR count). The fraction of sp³-hybridized carbons (Fsp3) is 0.556. The first-order chi connectivity index (χ1) is 20.5. The van der Waals surface area contributed by atoms with E-state index in [9.17, 15) is 19.4 Å². The van der Waals surface area contributed by atoms with Crippen LogP contribution >= 0.6 is 26.0 Å². The van der Waals surface area contributed by atoms with Crippen molar-refractivity contribution in [2.75, 3.05) is 24.7 Å². The van der Waals surface area contributed by atoms with E-state index in [-0.39, 0.29) is 40.5 Å². The maximum absolute atomic E-state index is 15.7. The molecule has 0 aromatic carbocycles. The molecule has 0 amide bonds. The molecule has 25 heteroatoms. The quantitative estimate of drug-likeness (QED) is 0.0922. The highest BCUT2D eigenvalue weighted by Crippen LogP contribution is 2.58. The van der Waals surface area contributed by atoms with Gasteiger partial charge < -0.3 is 35.5 Å². The average Bonchev–Trinajstić information content (AvgIpc) is 3.73. The molecule has 230 valence electrons. The molecule has 7 N–H and O–H groups in total. The lowest BCUT2D eigenvalue weighted by Crippen LogP contribution is -2.33. The Morgan fingerprint density at radius 3 is 2.65 bits per heavy atom. The standard InChI is InChI=1S/C18H21FN12O8P2S2/c19-8-11(39-40(34)42)6(38-17(8)30-13-9(26-28-30)12(20)22-4-23-13)3-36-41(35,43)7-1-5(2-32)37-16(7)31-14-10(27-29-31)15(33)25-18(21)24-14/h4-8,11,16-17,32H,1-3H2,(H6-,20,21,22,23,24,25,28,29,33,34,35,42,43)/p+1/t5?,6?,7-,8+,11-,16-,17-,41?/m1/s1. The van der Waals surface area contributed by atoms with Gasteiger partial charge in [-0.05, 0) is 22.8 Å². The number of ether oxygens (including phenoxy) is 2. The van der Waals surface area contributed by atoms with E-state index in [0.29, 0.717) is 0 Å². The van der Waals surface area contributed by atoms with Gasteiger partial charge in [-0.25, -0.2) is 14.4 Å². The number of nitrogen functional groups attached to an aromatic ring is 2. The van der Waals surface area contributed by atoms with Crippen molar-refractivity contribution < 1.29 is 37.5 Å². The van der Waals surface area contributed by atoms with Crippen molar-refractivity contribution in [3.05, 3.63) is 16.7 Å². The topological polar surface area (TPSA) is 279 Å². The first-order valence-electron chi connectivity index (χ1n) is 12.3. The Morgan fingerprint density at radius 2 is 1.93 bits per heavy atom. The van der Waals surface area contributed by atoms with Crippen LogP contribution in [0.25, 0.3) is 22.3 Å². The zero-order valence-corrected chi connectivity index (χ0v) is 24.9. The summed E-state index contributed by atoms with van der Waals surface area (Å²) in [4.78, 5) is 37.9. The van der Waals surface area contributed by atoms with Crippen LogP contribution < -0.4 is 17.0 Å². The van der Waals surface area contributed by atoms with Crippen molar-refractivity contribution in [1.82, 2.24) is 49.9 Å². The SMILES string of the molecule is Nc1nc2c(nnn2[C@@H]2OC(CO)C[C@H]2P(O)(=S)OCC2O[C@@H](n3nnc4c(N)ncnc43)[C@@H](F)[C@@H]2O[P+](=O)S)c(=O)[nH]1. The Balaban J connectivity index is 1.26. The third kappa shape index (κ3) is 5.50. The number of aliphatic hydroxyl groups is 1. The molecule has 4 aromatic heterocycles. The van der Waals surface area contributed by atoms with Gasteiger partial charge in [0.25, 0.3) is 5.56 Å². The molecule has 0 bridgehead atoms. The molecule has 0 aliphatic carbocycles. The molecule has 0 saturated carbocycles. The summed E-state index contributed by atoms with van der Waals surface area (Å²) >= 11 is 9.23. The molecule has 9 atom stereocenters. The first-order valence-corrected chi connectivity index (χ1v) is 17.3. The molecule has 4 unspecified atom stereocenters. The third-order valence-electron chi connectivity index (χ3n) is 6.82. The number of fused-ring (bicyclic) bond motifs is 2. The van der Waals surface area contributed by atoms with E-state index >= 15 is 4.39 Å². The van der Waals surface area contributed by atoms with E-state index < -0.39 is 75.1 Å². The highest BCUT2D eigenvalue weighted by molar-refractivity contribution is 8.39. The van der Waals surface area contributed by atoms with Gasteiger partial charge in [0.05, 0.1) is 25.0 Å². The molecule has 2 aliphatic rings. The second kappa shape index (κ2) is 11.6. The number of rotatable bonds is 9. The maximum Gasteiger partial charge on any atom is 0.582 e. The van der Waals surface area contributed by atoms with Gasteiger partial charge in [-0.15, -0.1) is 14.7 Å². The molecular weight excluding hydrogens is 657 g/mol. The molecule has 0 radical (unpaired) electrons. The fourth-order valence-electron chi connectivity index (χ4n) is 4.87. The molecule has 0 spiro atoms. The first kappa shape index (κ1) is 30.2. The Kier molecular flexibility index (Phi) is 8.13. The lowest BCUT2D eigenvalue weighted by atomic mass is 10.1. The number of thiol groups is 1. The van der Waals surface area contributed by atoms with Crippen LogP contribution in [0, 0.1) is 0 Å². The van der Waals surface area contributed by atoms with Crippen LogP contribution in [0.5, 0.6) is 0 Å². The summed E-state index contributed by atoms with van der Waals surface area (Å²) in [7, 11) is -2.60. The van der Waals surface area contributed by atoms with Crippen LogP contribution in [-0.4, -0.2) is 103 Å². The minimum atomic E-state index is -3.91. The van der Waals surface area contributed by atoms with Crippen molar-refractivity contribution >= 4 is 71.9 Å². The van der Waals surface area contributed by atoms with Crippen molar-refractivity contribution in [3.8, 4) is 0 Å². The number of halogens is 1. The Morgan fingerprint density at radius 1 is 1.21 bits per heavy atom. The van der Waals surface area contributed by atoms with E-state index in [2.05, 4.69) is 52.8 Å². The molecule has 2 aliphatic heterocycles. The van der Waals surface area contributed by atoms with Gasteiger partial charge in [0.15, 0.2) is 59.4 Å². The van der Waals surface area contributed by atoms with Gasteiger partial charge >= 0.3 is 7.23 Å². The minimum Gasteiger partial charge on any atom is -0.394 e. The largest absolute Gasteiger partial charge is 0.582 e. The van der Waals surface area contributed by atoms with Crippen LogP contribution in [0.3, 0.4) is 0 Å². The summed E-state index contributed by atoms with van der Waals surface area (Å²) in [5, 5.41) is 25.3. The van der Waals surface area contributed by atoms with Crippen molar-refractivity contribution in [2.45, 2.75) is 49.0 Å². The minimum absolute atomic E-state index is 0.00826. The van der Waals surface area contributed by atoms with Crippen LogP contribution in [0.2, 0.25) is 0 Å². The zero-order valence-electron chi connectivity index (χ0n) is 21.4. The number of anilines is 2. The smallest absolute Gasteiger partial charge is 0.394 e. The van der Waals surface area contributed by atoms with E-state index in [4.69, 9.17) is 41.8 Å². The Bertz CT molecular complexity index is 1810. The second-order valence-corrected chi connectivity index (χ2v) is 14.7. The van der Waals surface area contributed by atoms with E-state index in [0.717, 1.165) is 15.7 Å². The van der Waals surface area contributed by atoms with E-state index in [1.165, 1.54) is 0 Å². The highest BCUT2D eigenvalue weighted by atomic mass is 32.7. The number of hydrogen-bond donors (Lipinski definition) is 6. The lowest BCUT2D eigenvalue weighted by molar-refractivity contribution is -0.0455. The summed E-state index contributed by atoms with van der Waals surface area (Å²) in [6.07, 6.45) is -7.05. The zero-order chi connectivity index (χ0) is 30.6. The van der Waals surface area contributed by atoms with Gasteiger partial charge in [0.1, 0.15) is 24.7 Å². The summed E-state index contributed by atoms with van der Waals surface area (Å²) in [6, 6.07) is 0. The normalized spacial score (nSPS) is 29.4. The predicted octanol–water partition coefficient (Wildman–Crippen LogP) is -0.911. The summed E-state index contributed by atoms with van der Waals surface area (Å²) in [6.45, 7) is -4.88. The van der Waals surface area contributed by atoms with Gasteiger partial charge in [-0.1, -0.05) is 10.4 Å². The molecule has 20 nitrogen and oxygen atoms in total. The molecule has 6 heterocycles. The number of nitrogens with two attached hydrogens (primary N) is 2. The van der Waals surface area contributed by atoms with E-state index in [1.807, 2.05) is 0 Å². The fourth-order valence-corrected chi connectivity index (χ4v) is 7.99. The lowest BCUT2D eigenvalue weighted by Gasteiger charge is -2.27. The van der Waals surface area contributed by atoms with Gasteiger partial charge in [0.2, 0.25) is 5.95 Å². The monoisotopic (exact) mass is 679 g/mol. The summed E-state index contributed by atoms with van der Waals surface area (Å²) < 4.78 is 52.4. The van der Waals surface area contributed by atoms with Crippen LogP contribution in [0.4, 0.5) is 16.2 Å². The molecule has 4 aromatic rings. The van der Waals surface area contributed by atoms with E-state index in [1.54, 1.807) is 0 Å². The highest BCUT2D eigenvalue weighted by Gasteiger charge is 2.53. The van der Waals surface area contributed by atoms with Crippen molar-refractivity contribution in [1.29, 1.82) is 0 Å². The molecular formula is C18H22FN12O8P2S2+. The third-order valence-corrected chi connectivity index (χ3v) is 10.5. The molecule has 2 saturated heterocycles. The van der Waals surface area contributed by atoms with Crippen molar-refractivity contribution in [3.63, 3.8) is 0 Å². The number of aromatic nitrogens is 10. The Hall–Kier alpha value is -2.85. The number of nitrogens with zero attached hydrogens (tertiary/aromatic N) is 9. The molecule has 2 fully saturated rings. The number of alkyl halides is 1. The Labute approximate surface area is 249 Å². The molecule has 43 heavy (non-hydrogen) atoms. The number of nitrogens with one attached hydrogen (secondary N) is 1. The van der Waals surface area contributed by atoms with Gasteiger partial charge in [-0.3, -0.25) is 9.78 Å². The van der Waals surface area contributed by atoms with Crippen LogP contribution in [0.1, 0.15) is 18.9 Å². The summed E-state index contributed by atoms with van der Waals surface area (Å²) in [5.41, 5.74) is 9.78. The predicted molar refractivity (Wildman–Crippen MR) is 150 cm³/mol. The van der Waals surface area contributed by atoms with Crippen molar-refractivity contribution in [2.24, 2.45) is 0 Å². The van der Waals surface area contributed by atoms with Gasteiger partial charge in [0, 0.05) is 0 Å². The van der Waals surface area contributed by atoms with Gasteiger partial charge in [-0.2, -0.15) is 14.3 Å². The number of hydrogen-bond acceptors (Lipinski definition) is 17. The average molecular weight is 680 g/mol. The van der Waals surface area contributed by atoms with Crippen LogP contribution in [0.15, 0.2) is 11.1 Å². The maximum atomic E-state index is 15.7. The number of H-pyrrole nitrogens is 1. The number of aliphatic hydroxyl groups excluding tert-OH is 1.